The van der Waals surface area contributed by atoms with E-state index in [2.05, 4.69) is 5.32 Å². The van der Waals surface area contributed by atoms with Gasteiger partial charge < -0.3 is 14.6 Å². The highest BCUT2D eigenvalue weighted by molar-refractivity contribution is 6.63. The van der Waals surface area contributed by atoms with E-state index in [1.54, 1.807) is 12.1 Å². The van der Waals surface area contributed by atoms with Crippen molar-refractivity contribution in [3.05, 3.63) is 28.3 Å². The summed E-state index contributed by atoms with van der Waals surface area (Å²) in [5.74, 6) is 0. The molecule has 0 unspecified atom stereocenters. The van der Waals surface area contributed by atoms with Crippen LogP contribution in [0, 0.1) is 10.1 Å². The second-order valence-electron chi connectivity index (χ2n) is 5.85. The molecule has 1 fully saturated rings. The SMILES string of the molecule is CC1(C)OB(c2cccc(NC=O)c2[N+](=O)[O-])OC1(C)C. The zero-order chi connectivity index (χ0) is 15.8. The largest absolute Gasteiger partial charge is 0.502 e. The Morgan fingerprint density at radius 2 is 1.81 bits per heavy atom. The third-order valence-electron chi connectivity index (χ3n) is 3.97. The third-order valence-corrected chi connectivity index (χ3v) is 3.97. The number of nitro groups is 1. The molecule has 112 valence electrons. The van der Waals surface area contributed by atoms with Crippen LogP contribution in [0.5, 0.6) is 0 Å². The molecule has 0 spiro atoms. The first-order valence-corrected chi connectivity index (χ1v) is 6.53. The van der Waals surface area contributed by atoms with E-state index in [-0.39, 0.29) is 16.8 Å². The van der Waals surface area contributed by atoms with Crippen molar-refractivity contribution in [1.29, 1.82) is 0 Å². The number of para-hydroxylation sites is 1. The molecule has 0 atom stereocenters. The van der Waals surface area contributed by atoms with Gasteiger partial charge >= 0.3 is 7.12 Å². The molecule has 1 aromatic rings. The summed E-state index contributed by atoms with van der Waals surface area (Å²) in [4.78, 5) is 21.4. The Morgan fingerprint density at radius 3 is 2.29 bits per heavy atom. The molecule has 1 aliphatic rings. The third kappa shape index (κ3) is 2.64. The van der Waals surface area contributed by atoms with Crippen LogP contribution in [-0.2, 0) is 14.1 Å². The number of nitrogens with one attached hydrogen (secondary N) is 1. The molecule has 8 heteroatoms. The van der Waals surface area contributed by atoms with E-state index in [4.69, 9.17) is 9.31 Å². The highest BCUT2D eigenvalue weighted by atomic mass is 16.7. The Bertz CT molecular complexity index is 572. The predicted molar refractivity (Wildman–Crippen MR) is 78.5 cm³/mol. The van der Waals surface area contributed by atoms with Crippen molar-refractivity contribution in [3.8, 4) is 0 Å². The molecule has 1 aromatic carbocycles. The Hall–Kier alpha value is -1.93. The summed E-state index contributed by atoms with van der Waals surface area (Å²) < 4.78 is 11.7. The van der Waals surface area contributed by atoms with Gasteiger partial charge in [0, 0.05) is 0 Å². The highest BCUT2D eigenvalue weighted by Crippen LogP contribution is 2.37. The van der Waals surface area contributed by atoms with Crippen molar-refractivity contribution in [1.82, 2.24) is 0 Å². The maximum absolute atomic E-state index is 11.3. The minimum atomic E-state index is -0.858. The minimum Gasteiger partial charge on any atom is -0.399 e. The van der Waals surface area contributed by atoms with E-state index in [0.29, 0.717) is 6.41 Å². The molecule has 2 rings (SSSR count). The van der Waals surface area contributed by atoms with Gasteiger partial charge in [-0.15, -0.1) is 0 Å². The number of anilines is 1. The van der Waals surface area contributed by atoms with Gasteiger partial charge in [0.1, 0.15) is 5.69 Å². The number of amides is 1. The molecule has 0 aliphatic carbocycles. The predicted octanol–water partition coefficient (Wildman–Crippen LogP) is 1.46. The molecule has 1 N–H and O–H groups in total. The first kappa shape index (κ1) is 15.5. The minimum absolute atomic E-state index is 0.113. The summed E-state index contributed by atoms with van der Waals surface area (Å²) >= 11 is 0. The number of hydrogen-bond donors (Lipinski definition) is 1. The number of hydrogen-bond acceptors (Lipinski definition) is 5. The second-order valence-corrected chi connectivity index (χ2v) is 5.85. The fourth-order valence-electron chi connectivity index (χ4n) is 2.11. The average molecular weight is 292 g/mol. The van der Waals surface area contributed by atoms with Crippen molar-refractivity contribution in [2.24, 2.45) is 0 Å². The summed E-state index contributed by atoms with van der Waals surface area (Å²) in [7, 11) is -0.858. The lowest BCUT2D eigenvalue weighted by Gasteiger charge is -2.32. The molecule has 7 nitrogen and oxygen atoms in total. The molecule has 1 saturated heterocycles. The molecule has 0 radical (unpaired) electrons. The van der Waals surface area contributed by atoms with E-state index in [1.807, 2.05) is 27.7 Å². The zero-order valence-electron chi connectivity index (χ0n) is 12.4. The van der Waals surface area contributed by atoms with Crippen LogP contribution in [0.2, 0.25) is 0 Å². The van der Waals surface area contributed by atoms with Crippen LogP contribution in [0.4, 0.5) is 11.4 Å². The van der Waals surface area contributed by atoms with E-state index < -0.39 is 23.2 Å². The smallest absolute Gasteiger partial charge is 0.399 e. The van der Waals surface area contributed by atoms with Crippen LogP contribution >= 0.6 is 0 Å². The number of rotatable bonds is 4. The summed E-state index contributed by atoms with van der Waals surface area (Å²) in [6.07, 6.45) is 0.399. The van der Waals surface area contributed by atoms with Crippen molar-refractivity contribution in [3.63, 3.8) is 0 Å². The molecule has 1 heterocycles. The fourth-order valence-corrected chi connectivity index (χ4v) is 2.11. The summed E-state index contributed by atoms with van der Waals surface area (Å²) in [6.45, 7) is 7.47. The maximum atomic E-state index is 11.3. The van der Waals surface area contributed by atoms with Crippen molar-refractivity contribution in [2.75, 3.05) is 5.32 Å². The molecule has 1 aliphatic heterocycles. The Balaban J connectivity index is 2.48. The van der Waals surface area contributed by atoms with Gasteiger partial charge in [0.15, 0.2) is 0 Å². The lowest BCUT2D eigenvalue weighted by molar-refractivity contribution is -0.382. The van der Waals surface area contributed by atoms with Gasteiger partial charge in [-0.25, -0.2) is 0 Å². The number of benzene rings is 1. The van der Waals surface area contributed by atoms with Gasteiger partial charge in [-0.05, 0) is 33.8 Å². The maximum Gasteiger partial charge on any atom is 0.502 e. The molecular formula is C13H17BN2O5. The number of carbonyl (C=O) groups excluding carboxylic acids is 1. The van der Waals surface area contributed by atoms with Gasteiger partial charge in [0.2, 0.25) is 6.41 Å². The quantitative estimate of drug-likeness (QED) is 0.392. The van der Waals surface area contributed by atoms with Gasteiger partial charge in [-0.2, -0.15) is 0 Å². The van der Waals surface area contributed by atoms with Crippen LogP contribution in [-0.4, -0.2) is 29.7 Å². The van der Waals surface area contributed by atoms with E-state index in [9.17, 15) is 14.9 Å². The Kier molecular flexibility index (Phi) is 3.77. The lowest BCUT2D eigenvalue weighted by atomic mass is 9.77. The zero-order valence-corrected chi connectivity index (χ0v) is 12.4. The van der Waals surface area contributed by atoms with Crippen molar-refractivity contribution < 1.29 is 19.0 Å². The second kappa shape index (κ2) is 5.12. The fraction of sp³-hybridized carbons (Fsp3) is 0.462. The van der Waals surface area contributed by atoms with Gasteiger partial charge in [0.25, 0.3) is 5.69 Å². The van der Waals surface area contributed by atoms with E-state index in [0.717, 1.165) is 0 Å². The van der Waals surface area contributed by atoms with Crippen LogP contribution in [0.25, 0.3) is 0 Å². The average Bonchev–Trinajstić information content (AvgIpc) is 2.58. The van der Waals surface area contributed by atoms with Crippen LogP contribution in [0.15, 0.2) is 18.2 Å². The summed E-state index contributed by atoms with van der Waals surface area (Å²) in [6, 6.07) is 4.64. The topological polar surface area (TPSA) is 90.7 Å². The molecule has 0 bridgehead atoms. The van der Waals surface area contributed by atoms with Gasteiger partial charge in [0.05, 0.1) is 21.6 Å². The molecule has 1 amide bonds. The molecule has 0 aromatic heterocycles. The first-order valence-electron chi connectivity index (χ1n) is 6.53. The molecular weight excluding hydrogens is 275 g/mol. The normalized spacial score (nSPS) is 19.3. The number of carbonyl (C=O) groups is 1. The first-order chi connectivity index (χ1) is 9.69. The van der Waals surface area contributed by atoms with E-state index in [1.165, 1.54) is 6.07 Å². The van der Waals surface area contributed by atoms with Gasteiger partial charge in [-0.1, -0.05) is 12.1 Å². The summed E-state index contributed by atoms with van der Waals surface area (Å²) in [5, 5.41) is 13.7. The molecule has 0 saturated carbocycles. The monoisotopic (exact) mass is 292 g/mol. The van der Waals surface area contributed by atoms with Gasteiger partial charge in [-0.3, -0.25) is 14.9 Å². The van der Waals surface area contributed by atoms with Crippen molar-refractivity contribution >= 4 is 30.4 Å². The summed E-state index contributed by atoms with van der Waals surface area (Å²) in [5.41, 5.74) is -1.02. The van der Waals surface area contributed by atoms with Crippen molar-refractivity contribution in [2.45, 2.75) is 38.9 Å². The van der Waals surface area contributed by atoms with Crippen LogP contribution < -0.4 is 10.8 Å². The van der Waals surface area contributed by atoms with Crippen LogP contribution in [0.1, 0.15) is 27.7 Å². The van der Waals surface area contributed by atoms with E-state index >= 15 is 0 Å². The highest BCUT2D eigenvalue weighted by Gasteiger charge is 2.53. The van der Waals surface area contributed by atoms with Crippen LogP contribution in [0.3, 0.4) is 0 Å². The number of nitrogens with zero attached hydrogens (tertiary/aromatic N) is 1. The Labute approximate surface area is 122 Å². The number of nitro benzene ring substituents is 1. The Morgan fingerprint density at radius 1 is 1.24 bits per heavy atom. The molecule has 21 heavy (non-hydrogen) atoms. The lowest BCUT2D eigenvalue weighted by Crippen LogP contribution is -2.41. The standard InChI is InChI=1S/C13H17BN2O5/c1-12(2)13(3,4)21-14(20-12)9-6-5-7-10(15-8-17)11(9)16(18)19/h5-8H,1-4H3,(H,15,17).